The molecular formula is C21H20ClF5N4O3. The summed E-state index contributed by atoms with van der Waals surface area (Å²) in [6, 6.07) is 5.90. The van der Waals surface area contributed by atoms with Crippen molar-refractivity contribution >= 4 is 35.2 Å². The summed E-state index contributed by atoms with van der Waals surface area (Å²) < 4.78 is 73.5. The Morgan fingerprint density at radius 1 is 1.29 bits per heavy atom. The van der Waals surface area contributed by atoms with Crippen LogP contribution in [0.3, 0.4) is 0 Å². The molecular weight excluding hydrogens is 487 g/mol. The highest BCUT2D eigenvalue weighted by molar-refractivity contribution is 6.32. The van der Waals surface area contributed by atoms with Gasteiger partial charge < -0.3 is 19.8 Å². The van der Waals surface area contributed by atoms with Crippen molar-refractivity contribution in [2.24, 2.45) is 5.10 Å². The van der Waals surface area contributed by atoms with Gasteiger partial charge in [-0.25, -0.2) is 8.78 Å². The van der Waals surface area contributed by atoms with Crippen LogP contribution < -0.4 is 9.75 Å². The number of hydrogen-bond acceptors (Lipinski definition) is 7. The van der Waals surface area contributed by atoms with Crippen molar-refractivity contribution in [1.82, 2.24) is 9.88 Å². The molecule has 34 heavy (non-hydrogen) atoms. The molecule has 1 aliphatic rings. The molecule has 0 saturated carbocycles. The highest BCUT2D eigenvalue weighted by atomic mass is 35.5. The quantitative estimate of drug-likeness (QED) is 0.542. The van der Waals surface area contributed by atoms with Gasteiger partial charge in [0, 0.05) is 12.1 Å². The molecule has 2 atom stereocenters. The number of benzene rings is 1. The molecule has 1 aliphatic heterocycles. The summed E-state index contributed by atoms with van der Waals surface area (Å²) in [5, 5.41) is 24.7. The number of halogens is 6. The van der Waals surface area contributed by atoms with E-state index in [2.05, 4.69) is 10.1 Å². The van der Waals surface area contributed by atoms with Gasteiger partial charge in [-0.15, -0.1) is 0 Å². The Labute approximate surface area is 196 Å². The summed E-state index contributed by atoms with van der Waals surface area (Å²) >= 11 is 5.91. The lowest BCUT2D eigenvalue weighted by atomic mass is 10.1. The number of aliphatic hydroxyl groups is 2. The number of alkyl halides is 3. The highest BCUT2D eigenvalue weighted by Crippen LogP contribution is 2.35. The van der Waals surface area contributed by atoms with Crippen molar-refractivity contribution in [3.8, 4) is 5.88 Å². The topological polar surface area (TPSA) is 81.4 Å². The molecule has 13 heteroatoms. The molecule has 0 aliphatic carbocycles. The van der Waals surface area contributed by atoms with Gasteiger partial charge in [0.05, 0.1) is 10.6 Å². The number of rotatable bonds is 7. The van der Waals surface area contributed by atoms with E-state index in [-0.39, 0.29) is 28.8 Å². The highest BCUT2D eigenvalue weighted by Gasteiger charge is 2.39. The SMILES string of the molecule is CCN1C(CO)=NN(c2ccc(/C(F)=C/c3c(F)cccc3Cl)c(O[C@@H](C)C(F)(F)F)n2)C1O. The van der Waals surface area contributed by atoms with Crippen LogP contribution in [0.2, 0.25) is 5.02 Å². The van der Waals surface area contributed by atoms with Gasteiger partial charge in [0.1, 0.15) is 18.3 Å². The minimum absolute atomic E-state index is 0.0901. The molecule has 1 unspecified atom stereocenters. The van der Waals surface area contributed by atoms with Crippen molar-refractivity contribution in [2.45, 2.75) is 32.5 Å². The summed E-state index contributed by atoms with van der Waals surface area (Å²) in [6.45, 7) is 2.13. The molecule has 2 heterocycles. The second-order valence-corrected chi connectivity index (χ2v) is 7.51. The van der Waals surface area contributed by atoms with Gasteiger partial charge in [-0.2, -0.15) is 28.3 Å². The number of amidine groups is 1. The first-order valence-corrected chi connectivity index (χ1v) is 10.3. The Balaban J connectivity index is 2.08. The van der Waals surface area contributed by atoms with E-state index in [1.807, 2.05) is 0 Å². The molecule has 0 spiro atoms. The maximum Gasteiger partial charge on any atom is 0.425 e. The second kappa shape index (κ2) is 10.1. The van der Waals surface area contributed by atoms with Gasteiger partial charge in [0.2, 0.25) is 12.2 Å². The van der Waals surface area contributed by atoms with Crippen LogP contribution in [-0.4, -0.2) is 57.7 Å². The number of hydrogen-bond donors (Lipinski definition) is 2. The molecule has 2 aromatic rings. The van der Waals surface area contributed by atoms with Crippen LogP contribution in [-0.2, 0) is 0 Å². The Bertz CT molecular complexity index is 1090. The summed E-state index contributed by atoms with van der Waals surface area (Å²) in [7, 11) is 0. The van der Waals surface area contributed by atoms with Gasteiger partial charge in [0.15, 0.2) is 17.8 Å². The van der Waals surface area contributed by atoms with Crippen molar-refractivity contribution in [2.75, 3.05) is 18.2 Å². The van der Waals surface area contributed by atoms with E-state index in [1.54, 1.807) is 6.92 Å². The monoisotopic (exact) mass is 506 g/mol. The lowest BCUT2D eigenvalue weighted by Crippen LogP contribution is -2.43. The third-order valence-corrected chi connectivity index (χ3v) is 5.22. The van der Waals surface area contributed by atoms with Crippen LogP contribution in [0.4, 0.5) is 27.8 Å². The molecule has 7 nitrogen and oxygen atoms in total. The smallest absolute Gasteiger partial charge is 0.425 e. The number of likely N-dealkylation sites (N-methyl/N-ethyl adjacent to an activating group) is 1. The van der Waals surface area contributed by atoms with Crippen molar-refractivity contribution in [3.05, 3.63) is 52.3 Å². The zero-order valence-electron chi connectivity index (χ0n) is 17.9. The Morgan fingerprint density at radius 3 is 2.56 bits per heavy atom. The summed E-state index contributed by atoms with van der Waals surface area (Å²) in [4.78, 5) is 5.24. The Kier molecular flexibility index (Phi) is 7.64. The van der Waals surface area contributed by atoms with Crippen molar-refractivity contribution in [1.29, 1.82) is 0 Å². The van der Waals surface area contributed by atoms with Gasteiger partial charge in [-0.05, 0) is 44.2 Å². The number of nitrogens with zero attached hydrogens (tertiary/aromatic N) is 4. The molecule has 184 valence electrons. The van der Waals surface area contributed by atoms with E-state index < -0.39 is 48.3 Å². The first-order chi connectivity index (χ1) is 16.0. The van der Waals surface area contributed by atoms with Gasteiger partial charge >= 0.3 is 6.18 Å². The molecule has 0 bridgehead atoms. The van der Waals surface area contributed by atoms with Crippen LogP contribution in [0.1, 0.15) is 25.0 Å². The Hall–Kier alpha value is -2.96. The third-order valence-electron chi connectivity index (χ3n) is 4.89. The third kappa shape index (κ3) is 5.24. The zero-order valence-corrected chi connectivity index (χ0v) is 18.6. The van der Waals surface area contributed by atoms with Crippen molar-refractivity contribution in [3.63, 3.8) is 0 Å². The van der Waals surface area contributed by atoms with Crippen LogP contribution >= 0.6 is 11.6 Å². The number of anilines is 1. The number of pyridine rings is 1. The van der Waals surface area contributed by atoms with E-state index >= 15 is 4.39 Å². The maximum atomic E-state index is 15.1. The maximum absolute atomic E-state index is 15.1. The lowest BCUT2D eigenvalue weighted by Gasteiger charge is -2.26. The predicted octanol–water partition coefficient (Wildman–Crippen LogP) is 4.39. The van der Waals surface area contributed by atoms with E-state index in [1.165, 1.54) is 23.1 Å². The molecule has 0 amide bonds. The van der Waals surface area contributed by atoms with Crippen LogP contribution in [0.25, 0.3) is 11.9 Å². The molecule has 3 rings (SSSR count). The van der Waals surface area contributed by atoms with Gasteiger partial charge in [-0.1, -0.05) is 17.7 Å². The van der Waals surface area contributed by atoms with E-state index in [4.69, 9.17) is 16.3 Å². The van der Waals surface area contributed by atoms with Crippen LogP contribution in [0, 0.1) is 5.82 Å². The molecule has 0 fully saturated rings. The van der Waals surface area contributed by atoms with Crippen LogP contribution in [0.15, 0.2) is 35.4 Å². The number of aromatic nitrogens is 1. The lowest BCUT2D eigenvalue weighted by molar-refractivity contribution is -0.190. The largest absolute Gasteiger partial charge is 0.464 e. The van der Waals surface area contributed by atoms with E-state index in [0.717, 1.165) is 17.1 Å². The normalized spacial score (nSPS) is 17.8. The standard InChI is InChI=1S/C21H20ClF5N4O3/c1-3-30-18(10-32)29-31(20(30)33)17-8-7-12(19(28-17)34-11(2)21(25,26)27)16(24)9-13-14(22)5-4-6-15(13)23/h4-9,11,20,32-33H,3,10H2,1-2H3/b16-9-/t11-,20?/m0/s1. The number of aliphatic hydroxyl groups excluding tert-OH is 2. The molecule has 2 N–H and O–H groups in total. The molecule has 0 radical (unpaired) electrons. The van der Waals surface area contributed by atoms with Gasteiger partial charge in [0.25, 0.3) is 0 Å². The molecule has 1 aromatic carbocycles. The minimum Gasteiger partial charge on any atom is -0.464 e. The van der Waals surface area contributed by atoms with E-state index in [9.17, 15) is 27.8 Å². The first-order valence-electron chi connectivity index (χ1n) is 9.96. The van der Waals surface area contributed by atoms with Gasteiger partial charge in [-0.3, -0.25) is 0 Å². The molecule has 0 saturated heterocycles. The molecule has 1 aromatic heterocycles. The number of ether oxygens (including phenoxy) is 1. The summed E-state index contributed by atoms with van der Waals surface area (Å²) in [6.07, 6.45) is -7.87. The van der Waals surface area contributed by atoms with Crippen molar-refractivity contribution < 1.29 is 36.9 Å². The number of hydrazone groups is 1. The average Bonchev–Trinajstić information content (AvgIpc) is 3.10. The fraction of sp³-hybridized carbons (Fsp3) is 0.333. The van der Waals surface area contributed by atoms with Crippen LogP contribution in [0.5, 0.6) is 5.88 Å². The first kappa shape index (κ1) is 25.7. The van der Waals surface area contributed by atoms with E-state index in [0.29, 0.717) is 13.0 Å². The fourth-order valence-corrected chi connectivity index (χ4v) is 3.27. The average molecular weight is 507 g/mol. The fourth-order valence-electron chi connectivity index (χ4n) is 3.05. The Morgan fingerprint density at radius 2 is 2.00 bits per heavy atom. The zero-order chi connectivity index (χ0) is 25.2. The summed E-state index contributed by atoms with van der Waals surface area (Å²) in [5.41, 5.74) is -0.821. The second-order valence-electron chi connectivity index (χ2n) is 7.10. The minimum atomic E-state index is -4.79. The summed E-state index contributed by atoms with van der Waals surface area (Å²) in [5.74, 6) is -2.87. The predicted molar refractivity (Wildman–Crippen MR) is 116 cm³/mol.